The Balaban J connectivity index is 2.68. The molecule has 1 aliphatic carbocycles. The van der Waals surface area contributed by atoms with Crippen molar-refractivity contribution in [3.05, 3.63) is 0 Å². The minimum absolute atomic E-state index is 0.593. The lowest BCUT2D eigenvalue weighted by Gasteiger charge is -2.38. The van der Waals surface area contributed by atoms with Gasteiger partial charge in [0.2, 0.25) is 0 Å². The molecule has 2 unspecified atom stereocenters. The van der Waals surface area contributed by atoms with Gasteiger partial charge in [-0.3, -0.25) is 4.98 Å². The lowest BCUT2D eigenvalue weighted by molar-refractivity contribution is 0.154. The Labute approximate surface area is 120 Å². The van der Waals surface area contributed by atoms with Gasteiger partial charge in [-0.05, 0) is 32.6 Å². The summed E-state index contributed by atoms with van der Waals surface area (Å²) in [6.45, 7) is 10.3. The van der Waals surface area contributed by atoms with Crippen LogP contribution in [-0.2, 0) is 8.85 Å². The second-order valence-electron chi connectivity index (χ2n) is 5.74. The molecule has 1 aliphatic rings. The van der Waals surface area contributed by atoms with Crippen LogP contribution in [0.3, 0.4) is 0 Å². The van der Waals surface area contributed by atoms with Crippen molar-refractivity contribution in [2.24, 2.45) is 5.92 Å². The van der Waals surface area contributed by atoms with Crippen molar-refractivity contribution in [1.82, 2.24) is 4.98 Å². The minimum Gasteiger partial charge on any atom is -0.383 e. The van der Waals surface area contributed by atoms with Gasteiger partial charge in [0.05, 0.1) is 0 Å². The van der Waals surface area contributed by atoms with E-state index in [1.807, 2.05) is 0 Å². The highest BCUT2D eigenvalue weighted by molar-refractivity contribution is 6.64. The Kier molecular flexibility index (Phi) is 8.22. The molecule has 3 nitrogen and oxygen atoms in total. The topological polar surface area (TPSA) is 30.5 Å². The Bertz CT molecular complexity index is 232. The van der Waals surface area contributed by atoms with Crippen molar-refractivity contribution >= 4 is 8.72 Å². The molecule has 0 aromatic carbocycles. The molecule has 1 rings (SSSR count). The highest BCUT2D eigenvalue weighted by Gasteiger charge is 2.40. The molecule has 0 amide bonds. The molecule has 0 bridgehead atoms. The van der Waals surface area contributed by atoms with Crippen LogP contribution in [0.2, 0.25) is 6.04 Å². The first-order valence-electron chi connectivity index (χ1n) is 8.23. The summed E-state index contributed by atoms with van der Waals surface area (Å²) in [6.07, 6.45) is 7.75. The third-order valence-electron chi connectivity index (χ3n) is 4.13. The summed E-state index contributed by atoms with van der Waals surface area (Å²) >= 11 is 0. The average Bonchev–Trinajstić information content (AvgIpc) is 2.40. The van der Waals surface area contributed by atoms with E-state index in [0.717, 1.165) is 25.2 Å². The SMILES string of the molecule is CCCC[Si](NC1CCCCC1C)(OCC)OCC. The fourth-order valence-corrected chi connectivity index (χ4v) is 6.46. The van der Waals surface area contributed by atoms with Crippen molar-refractivity contribution in [1.29, 1.82) is 0 Å². The fourth-order valence-electron chi connectivity index (χ4n) is 3.03. The van der Waals surface area contributed by atoms with Gasteiger partial charge in [-0.2, -0.15) is 0 Å². The second-order valence-corrected chi connectivity index (χ2v) is 8.61. The van der Waals surface area contributed by atoms with Gasteiger partial charge in [0.25, 0.3) is 0 Å². The van der Waals surface area contributed by atoms with E-state index in [2.05, 4.69) is 32.7 Å². The van der Waals surface area contributed by atoms with Crippen LogP contribution in [0, 0.1) is 5.92 Å². The van der Waals surface area contributed by atoms with Gasteiger partial charge in [-0.15, -0.1) is 0 Å². The number of unbranched alkanes of at least 4 members (excludes halogenated alkanes) is 1. The zero-order valence-electron chi connectivity index (χ0n) is 13.3. The Morgan fingerprint density at radius 2 is 1.68 bits per heavy atom. The molecule has 1 saturated carbocycles. The lowest BCUT2D eigenvalue weighted by Crippen LogP contribution is -2.61. The van der Waals surface area contributed by atoms with E-state index < -0.39 is 8.72 Å². The van der Waals surface area contributed by atoms with Crippen LogP contribution in [0.4, 0.5) is 0 Å². The Morgan fingerprint density at radius 1 is 1.05 bits per heavy atom. The van der Waals surface area contributed by atoms with Crippen LogP contribution in [-0.4, -0.2) is 28.0 Å². The first-order valence-corrected chi connectivity index (χ1v) is 10.2. The number of rotatable bonds is 9. The fraction of sp³-hybridized carbons (Fsp3) is 1.00. The zero-order valence-corrected chi connectivity index (χ0v) is 14.3. The molecule has 0 aromatic rings. The third kappa shape index (κ3) is 5.54. The predicted molar refractivity (Wildman–Crippen MR) is 83.3 cm³/mol. The molecule has 19 heavy (non-hydrogen) atoms. The lowest BCUT2D eigenvalue weighted by atomic mass is 9.87. The number of hydrogen-bond donors (Lipinski definition) is 1. The van der Waals surface area contributed by atoms with Crippen LogP contribution in [0.15, 0.2) is 0 Å². The standard InChI is InChI=1S/C15H33NO2Si/c1-5-8-13-19(17-6-2,18-7-3)16-15-12-10-9-11-14(15)4/h14-16H,5-13H2,1-4H3. The maximum absolute atomic E-state index is 6.13. The molecule has 1 fully saturated rings. The molecule has 0 spiro atoms. The van der Waals surface area contributed by atoms with E-state index in [1.165, 1.54) is 38.5 Å². The van der Waals surface area contributed by atoms with Gasteiger partial charge in [-0.1, -0.05) is 39.5 Å². The van der Waals surface area contributed by atoms with Crippen molar-refractivity contribution in [2.45, 2.75) is 78.3 Å². The zero-order chi connectivity index (χ0) is 14.1. The van der Waals surface area contributed by atoms with Crippen LogP contribution in [0.25, 0.3) is 0 Å². The molecule has 0 aliphatic heterocycles. The van der Waals surface area contributed by atoms with Gasteiger partial charge in [-0.25, -0.2) is 0 Å². The summed E-state index contributed by atoms with van der Waals surface area (Å²) in [4.78, 5) is 3.85. The van der Waals surface area contributed by atoms with Crippen LogP contribution < -0.4 is 4.98 Å². The summed E-state index contributed by atoms with van der Waals surface area (Å²) in [5, 5.41) is 0. The molecule has 0 radical (unpaired) electrons. The van der Waals surface area contributed by atoms with Crippen LogP contribution in [0.1, 0.15) is 66.2 Å². The van der Waals surface area contributed by atoms with E-state index in [0.29, 0.717) is 6.04 Å². The summed E-state index contributed by atoms with van der Waals surface area (Å²) in [6, 6.07) is 1.67. The van der Waals surface area contributed by atoms with E-state index in [4.69, 9.17) is 8.85 Å². The predicted octanol–water partition coefficient (Wildman–Crippen LogP) is 3.97. The van der Waals surface area contributed by atoms with Crippen molar-refractivity contribution in [3.63, 3.8) is 0 Å². The van der Waals surface area contributed by atoms with Crippen LogP contribution in [0.5, 0.6) is 0 Å². The van der Waals surface area contributed by atoms with E-state index >= 15 is 0 Å². The smallest absolute Gasteiger partial charge is 0.383 e. The van der Waals surface area contributed by atoms with Crippen molar-refractivity contribution in [3.8, 4) is 0 Å². The van der Waals surface area contributed by atoms with E-state index in [1.54, 1.807) is 0 Å². The van der Waals surface area contributed by atoms with Crippen molar-refractivity contribution in [2.75, 3.05) is 13.2 Å². The molecule has 0 heterocycles. The average molecular weight is 288 g/mol. The monoisotopic (exact) mass is 287 g/mol. The molecule has 0 aromatic heterocycles. The first-order chi connectivity index (χ1) is 9.17. The van der Waals surface area contributed by atoms with Gasteiger partial charge in [0.15, 0.2) is 0 Å². The normalized spacial score (nSPS) is 24.6. The van der Waals surface area contributed by atoms with Gasteiger partial charge in [0.1, 0.15) is 0 Å². The van der Waals surface area contributed by atoms with E-state index in [-0.39, 0.29) is 0 Å². The van der Waals surface area contributed by atoms with Gasteiger partial charge in [0, 0.05) is 25.3 Å². The van der Waals surface area contributed by atoms with Crippen LogP contribution >= 0.6 is 0 Å². The van der Waals surface area contributed by atoms with Crippen molar-refractivity contribution < 1.29 is 8.85 Å². The Morgan fingerprint density at radius 3 is 2.21 bits per heavy atom. The third-order valence-corrected chi connectivity index (χ3v) is 7.46. The number of hydrogen-bond acceptors (Lipinski definition) is 3. The maximum atomic E-state index is 6.13. The van der Waals surface area contributed by atoms with Gasteiger partial charge >= 0.3 is 8.72 Å². The largest absolute Gasteiger partial charge is 0.425 e. The quantitative estimate of drug-likeness (QED) is 0.651. The first kappa shape index (κ1) is 17.1. The molecule has 1 N–H and O–H groups in total. The minimum atomic E-state index is -2.20. The summed E-state index contributed by atoms with van der Waals surface area (Å²) in [7, 11) is -2.20. The molecule has 2 atom stereocenters. The summed E-state index contributed by atoms with van der Waals surface area (Å²) < 4.78 is 12.3. The highest BCUT2D eigenvalue weighted by Crippen LogP contribution is 2.26. The molecular formula is C15H33NO2Si. The highest BCUT2D eigenvalue weighted by atomic mass is 28.4. The number of nitrogens with one attached hydrogen (secondary N) is 1. The summed E-state index contributed by atoms with van der Waals surface area (Å²) in [5.74, 6) is 0.753. The molecule has 0 saturated heterocycles. The summed E-state index contributed by atoms with van der Waals surface area (Å²) in [5.41, 5.74) is 0. The maximum Gasteiger partial charge on any atom is 0.425 e. The second kappa shape index (κ2) is 9.11. The molecule has 4 heteroatoms. The van der Waals surface area contributed by atoms with Gasteiger partial charge < -0.3 is 8.85 Å². The van der Waals surface area contributed by atoms with E-state index in [9.17, 15) is 0 Å². The molecular weight excluding hydrogens is 254 g/mol. The Hall–Kier alpha value is 0.0969. The molecule has 114 valence electrons.